The van der Waals surface area contributed by atoms with Gasteiger partial charge in [0.2, 0.25) is 0 Å². The zero-order valence-electron chi connectivity index (χ0n) is 14.2. The maximum Gasteiger partial charge on any atom is 0.408 e. The molecule has 0 unspecified atom stereocenters. The number of rotatable bonds is 7. The minimum Gasteiger partial charge on any atom is -0.467 e. The van der Waals surface area contributed by atoms with E-state index in [1.807, 2.05) is 37.3 Å². The van der Waals surface area contributed by atoms with Crippen LogP contribution in [0.15, 0.2) is 30.3 Å². The number of nitrogens with one attached hydrogen (secondary N) is 1. The summed E-state index contributed by atoms with van der Waals surface area (Å²) in [6.45, 7) is 2.24. The summed E-state index contributed by atoms with van der Waals surface area (Å²) >= 11 is 0. The molecule has 1 saturated carbocycles. The first kappa shape index (κ1) is 18.3. The van der Waals surface area contributed by atoms with E-state index in [0.717, 1.165) is 31.2 Å². The SMILES string of the molecule is COC(=O)[C@H](COC1(C)CCCC1)NC(=O)OCc1ccccc1. The van der Waals surface area contributed by atoms with Crippen LogP contribution in [0.5, 0.6) is 0 Å². The molecular formula is C18H25NO5. The number of esters is 1. The third-order valence-corrected chi connectivity index (χ3v) is 4.25. The molecule has 0 heterocycles. The number of benzene rings is 1. The Morgan fingerprint density at radius 2 is 1.88 bits per heavy atom. The Morgan fingerprint density at radius 1 is 1.21 bits per heavy atom. The molecule has 0 bridgehead atoms. The minimum absolute atomic E-state index is 0.0730. The Bertz CT molecular complexity index is 540. The molecule has 0 aliphatic heterocycles. The summed E-state index contributed by atoms with van der Waals surface area (Å²) < 4.78 is 15.7. The molecule has 0 spiro atoms. The highest BCUT2D eigenvalue weighted by Crippen LogP contribution is 2.32. The molecule has 0 radical (unpaired) electrons. The molecule has 6 heteroatoms. The van der Waals surface area contributed by atoms with E-state index in [2.05, 4.69) is 5.32 Å². The van der Waals surface area contributed by atoms with Crippen LogP contribution in [0.2, 0.25) is 0 Å². The summed E-state index contributed by atoms with van der Waals surface area (Å²) in [5.74, 6) is -0.548. The molecule has 132 valence electrons. The maximum atomic E-state index is 11.9. The van der Waals surface area contributed by atoms with Crippen LogP contribution in [-0.4, -0.2) is 37.4 Å². The van der Waals surface area contributed by atoms with Gasteiger partial charge >= 0.3 is 12.1 Å². The van der Waals surface area contributed by atoms with Crippen LogP contribution < -0.4 is 5.32 Å². The van der Waals surface area contributed by atoms with E-state index >= 15 is 0 Å². The van der Waals surface area contributed by atoms with E-state index in [-0.39, 0.29) is 18.8 Å². The van der Waals surface area contributed by atoms with Crippen LogP contribution >= 0.6 is 0 Å². The van der Waals surface area contributed by atoms with Crippen molar-refractivity contribution in [2.45, 2.75) is 50.9 Å². The predicted molar refractivity (Wildman–Crippen MR) is 88.4 cm³/mol. The molecule has 1 aromatic rings. The normalized spacial score (nSPS) is 17.1. The van der Waals surface area contributed by atoms with Crippen LogP contribution in [0.25, 0.3) is 0 Å². The first-order valence-electron chi connectivity index (χ1n) is 8.21. The van der Waals surface area contributed by atoms with Gasteiger partial charge < -0.3 is 19.5 Å². The minimum atomic E-state index is -0.879. The number of hydrogen-bond donors (Lipinski definition) is 1. The van der Waals surface area contributed by atoms with Crippen molar-refractivity contribution in [1.82, 2.24) is 5.32 Å². The summed E-state index contributed by atoms with van der Waals surface area (Å²) in [7, 11) is 1.28. The van der Waals surface area contributed by atoms with E-state index in [4.69, 9.17) is 14.2 Å². The molecule has 1 aromatic carbocycles. The summed E-state index contributed by atoms with van der Waals surface area (Å²) in [6, 6.07) is 8.45. The number of carbonyl (C=O) groups excluding carboxylic acids is 2. The first-order chi connectivity index (χ1) is 11.5. The van der Waals surface area contributed by atoms with Gasteiger partial charge in [0.1, 0.15) is 6.61 Å². The number of ether oxygens (including phenoxy) is 3. The highest BCUT2D eigenvalue weighted by atomic mass is 16.6. The zero-order chi connectivity index (χ0) is 17.4. The fourth-order valence-electron chi connectivity index (χ4n) is 2.77. The highest BCUT2D eigenvalue weighted by Gasteiger charge is 2.32. The van der Waals surface area contributed by atoms with Gasteiger partial charge in [0.05, 0.1) is 19.3 Å². The molecule has 1 N–H and O–H groups in total. The van der Waals surface area contributed by atoms with Crippen LogP contribution in [0.4, 0.5) is 4.79 Å². The Hall–Kier alpha value is -2.08. The molecule has 1 aliphatic rings. The second-order valence-electron chi connectivity index (χ2n) is 6.25. The molecule has 6 nitrogen and oxygen atoms in total. The fraction of sp³-hybridized carbons (Fsp3) is 0.556. The molecule has 2 rings (SSSR count). The van der Waals surface area contributed by atoms with Crippen molar-refractivity contribution < 1.29 is 23.8 Å². The van der Waals surface area contributed by atoms with Gasteiger partial charge in [-0.05, 0) is 25.3 Å². The van der Waals surface area contributed by atoms with Gasteiger partial charge in [-0.1, -0.05) is 43.2 Å². The van der Waals surface area contributed by atoms with Crippen LogP contribution in [0, 0.1) is 0 Å². The van der Waals surface area contributed by atoms with Crippen LogP contribution in [0.3, 0.4) is 0 Å². The zero-order valence-corrected chi connectivity index (χ0v) is 14.2. The van der Waals surface area contributed by atoms with Crippen molar-refractivity contribution >= 4 is 12.1 Å². The first-order valence-corrected chi connectivity index (χ1v) is 8.21. The lowest BCUT2D eigenvalue weighted by Gasteiger charge is -2.26. The van der Waals surface area contributed by atoms with Crippen molar-refractivity contribution in [2.24, 2.45) is 0 Å². The van der Waals surface area contributed by atoms with Gasteiger partial charge in [-0.15, -0.1) is 0 Å². The van der Waals surface area contributed by atoms with Crippen molar-refractivity contribution in [2.75, 3.05) is 13.7 Å². The maximum absolute atomic E-state index is 11.9. The summed E-state index contributed by atoms with van der Waals surface area (Å²) in [6.07, 6.45) is 3.48. The summed E-state index contributed by atoms with van der Waals surface area (Å²) in [5.41, 5.74) is 0.638. The third-order valence-electron chi connectivity index (χ3n) is 4.25. The van der Waals surface area contributed by atoms with Crippen LogP contribution in [0.1, 0.15) is 38.2 Å². The van der Waals surface area contributed by atoms with E-state index in [1.165, 1.54) is 7.11 Å². The van der Waals surface area contributed by atoms with Crippen LogP contribution in [-0.2, 0) is 25.6 Å². The number of alkyl carbamates (subject to hydrolysis) is 1. The second-order valence-corrected chi connectivity index (χ2v) is 6.25. The van der Waals surface area contributed by atoms with Gasteiger partial charge in [0.25, 0.3) is 0 Å². The van der Waals surface area contributed by atoms with Crippen molar-refractivity contribution in [3.63, 3.8) is 0 Å². The summed E-state index contributed by atoms with van der Waals surface area (Å²) in [4.78, 5) is 23.8. The largest absolute Gasteiger partial charge is 0.467 e. The molecule has 0 aromatic heterocycles. The standard InChI is InChI=1S/C18H25NO5/c1-18(10-6-7-11-18)24-13-15(16(20)22-2)19-17(21)23-12-14-8-4-3-5-9-14/h3-5,8-9,15H,6-7,10-13H2,1-2H3,(H,19,21)/t15-/m0/s1. The molecule has 0 saturated heterocycles. The Kier molecular flexibility index (Phi) is 6.61. The third kappa shape index (κ3) is 5.53. The molecule has 1 atom stereocenters. The van der Waals surface area contributed by atoms with Crippen molar-refractivity contribution in [3.05, 3.63) is 35.9 Å². The van der Waals surface area contributed by atoms with Gasteiger partial charge in [-0.2, -0.15) is 0 Å². The topological polar surface area (TPSA) is 73.9 Å². The molecule has 1 amide bonds. The average Bonchev–Trinajstić information content (AvgIpc) is 3.04. The second kappa shape index (κ2) is 8.68. The monoisotopic (exact) mass is 335 g/mol. The lowest BCUT2D eigenvalue weighted by atomic mass is 10.1. The number of carbonyl (C=O) groups is 2. The highest BCUT2D eigenvalue weighted by molar-refractivity contribution is 5.81. The smallest absolute Gasteiger partial charge is 0.408 e. The quantitative estimate of drug-likeness (QED) is 0.776. The molecular weight excluding hydrogens is 310 g/mol. The van der Waals surface area contributed by atoms with Gasteiger partial charge in [0, 0.05) is 0 Å². The lowest BCUT2D eigenvalue weighted by molar-refractivity contribution is -0.146. The van der Waals surface area contributed by atoms with Crippen molar-refractivity contribution in [1.29, 1.82) is 0 Å². The van der Waals surface area contributed by atoms with Gasteiger partial charge in [0.15, 0.2) is 6.04 Å². The Morgan fingerprint density at radius 3 is 2.50 bits per heavy atom. The predicted octanol–water partition coefficient (Wildman–Crippen LogP) is 2.80. The van der Waals surface area contributed by atoms with E-state index in [9.17, 15) is 9.59 Å². The van der Waals surface area contributed by atoms with E-state index in [1.54, 1.807) is 0 Å². The molecule has 24 heavy (non-hydrogen) atoms. The number of amides is 1. The average molecular weight is 335 g/mol. The van der Waals surface area contributed by atoms with Crippen molar-refractivity contribution in [3.8, 4) is 0 Å². The Labute approximate surface area is 142 Å². The molecule has 1 aliphatic carbocycles. The summed E-state index contributed by atoms with van der Waals surface area (Å²) in [5, 5.41) is 2.52. The fourth-order valence-corrected chi connectivity index (χ4v) is 2.77. The number of hydrogen-bond acceptors (Lipinski definition) is 5. The number of methoxy groups -OCH3 is 1. The van der Waals surface area contributed by atoms with E-state index < -0.39 is 18.1 Å². The lowest BCUT2D eigenvalue weighted by Crippen LogP contribution is -2.46. The molecule has 1 fully saturated rings. The van der Waals surface area contributed by atoms with Gasteiger partial charge in [-0.25, -0.2) is 9.59 Å². The van der Waals surface area contributed by atoms with E-state index in [0.29, 0.717) is 0 Å². The Balaban J connectivity index is 1.83. The van der Waals surface area contributed by atoms with Gasteiger partial charge in [-0.3, -0.25) is 0 Å².